The van der Waals surface area contributed by atoms with E-state index in [1.54, 1.807) is 37.3 Å². The molecule has 0 radical (unpaired) electrons. The average molecular weight is 385 g/mol. The van der Waals surface area contributed by atoms with Crippen LogP contribution in [-0.2, 0) is 11.3 Å². The van der Waals surface area contributed by atoms with E-state index in [9.17, 15) is 14.9 Å². The van der Waals surface area contributed by atoms with E-state index in [0.717, 1.165) is 10.5 Å². The minimum absolute atomic E-state index is 0.0221. The summed E-state index contributed by atoms with van der Waals surface area (Å²) in [4.78, 5) is 23.1. The van der Waals surface area contributed by atoms with Crippen molar-refractivity contribution < 1.29 is 9.72 Å². The van der Waals surface area contributed by atoms with Crippen LogP contribution in [0.4, 0.5) is 5.69 Å². The highest BCUT2D eigenvalue weighted by Crippen LogP contribution is 2.26. The summed E-state index contributed by atoms with van der Waals surface area (Å²) < 4.78 is 0. The normalized spacial score (nSPS) is 11.8. The van der Waals surface area contributed by atoms with Crippen molar-refractivity contribution in [2.24, 2.45) is 0 Å². The third-order valence-electron chi connectivity index (χ3n) is 3.20. The van der Waals surface area contributed by atoms with E-state index in [0.29, 0.717) is 16.6 Å². The maximum atomic E-state index is 12.2. The molecule has 0 heterocycles. The van der Waals surface area contributed by atoms with Gasteiger partial charge in [0.2, 0.25) is 5.91 Å². The highest BCUT2D eigenvalue weighted by molar-refractivity contribution is 8.00. The minimum Gasteiger partial charge on any atom is -0.351 e. The molecule has 126 valence electrons. The van der Waals surface area contributed by atoms with Crippen molar-refractivity contribution in [3.8, 4) is 0 Å². The smallest absolute Gasteiger partial charge is 0.269 e. The number of amides is 1. The summed E-state index contributed by atoms with van der Waals surface area (Å²) in [6.45, 7) is 2.07. The molecule has 0 aliphatic carbocycles. The van der Waals surface area contributed by atoms with Crippen LogP contribution >= 0.6 is 35.0 Å². The van der Waals surface area contributed by atoms with Crippen LogP contribution < -0.4 is 5.32 Å². The molecule has 1 N–H and O–H groups in total. The Kier molecular flexibility index (Phi) is 6.48. The van der Waals surface area contributed by atoms with Crippen LogP contribution in [-0.4, -0.2) is 16.1 Å². The Morgan fingerprint density at radius 1 is 1.25 bits per heavy atom. The molecule has 1 amide bonds. The van der Waals surface area contributed by atoms with Crippen LogP contribution in [0.2, 0.25) is 10.0 Å². The highest BCUT2D eigenvalue weighted by Gasteiger charge is 2.15. The molecule has 1 atom stereocenters. The predicted octanol–water partition coefficient (Wildman–Crippen LogP) is 4.70. The largest absolute Gasteiger partial charge is 0.351 e. The zero-order valence-electron chi connectivity index (χ0n) is 12.7. The van der Waals surface area contributed by atoms with Gasteiger partial charge in [0.25, 0.3) is 5.69 Å². The highest BCUT2D eigenvalue weighted by atomic mass is 35.5. The van der Waals surface area contributed by atoms with Gasteiger partial charge >= 0.3 is 0 Å². The van der Waals surface area contributed by atoms with E-state index in [2.05, 4.69) is 5.32 Å². The molecule has 0 aromatic heterocycles. The first-order chi connectivity index (χ1) is 11.4. The standard InChI is InChI=1S/C16H14Cl2N2O3S/c1-10(24-14-6-4-13(5-7-14)20(22)23)16(21)19-9-11-2-3-12(17)8-15(11)18/h2-8,10H,9H2,1H3,(H,19,21). The van der Waals surface area contributed by atoms with E-state index >= 15 is 0 Å². The molecule has 2 aromatic rings. The van der Waals surface area contributed by atoms with E-state index in [-0.39, 0.29) is 16.8 Å². The van der Waals surface area contributed by atoms with Gasteiger partial charge in [-0.1, -0.05) is 29.3 Å². The lowest BCUT2D eigenvalue weighted by molar-refractivity contribution is -0.384. The second-order valence-electron chi connectivity index (χ2n) is 4.96. The molecule has 1 unspecified atom stereocenters. The molecule has 24 heavy (non-hydrogen) atoms. The summed E-state index contributed by atoms with van der Waals surface area (Å²) in [5, 5.41) is 14.1. The zero-order valence-corrected chi connectivity index (χ0v) is 15.0. The second kappa shape index (κ2) is 8.37. The molecule has 0 spiro atoms. The number of hydrogen-bond acceptors (Lipinski definition) is 4. The van der Waals surface area contributed by atoms with Gasteiger partial charge in [-0.2, -0.15) is 0 Å². The van der Waals surface area contributed by atoms with Crippen molar-refractivity contribution in [1.82, 2.24) is 5.32 Å². The lowest BCUT2D eigenvalue weighted by Crippen LogP contribution is -2.30. The third kappa shape index (κ3) is 5.12. The van der Waals surface area contributed by atoms with Crippen LogP contribution in [0.5, 0.6) is 0 Å². The Bertz CT molecular complexity index is 753. The number of carbonyl (C=O) groups is 1. The van der Waals surface area contributed by atoms with Crippen molar-refractivity contribution in [3.63, 3.8) is 0 Å². The maximum absolute atomic E-state index is 12.2. The molecule has 0 fully saturated rings. The number of nitrogens with one attached hydrogen (secondary N) is 1. The molecule has 0 bridgehead atoms. The van der Waals surface area contributed by atoms with E-state index in [4.69, 9.17) is 23.2 Å². The van der Waals surface area contributed by atoms with Gasteiger partial charge in [0.15, 0.2) is 0 Å². The summed E-state index contributed by atoms with van der Waals surface area (Å²) in [5.74, 6) is -0.149. The van der Waals surface area contributed by atoms with Crippen LogP contribution in [0.25, 0.3) is 0 Å². The van der Waals surface area contributed by atoms with Gasteiger partial charge < -0.3 is 5.32 Å². The summed E-state index contributed by atoms with van der Waals surface area (Å²) >= 11 is 13.2. The first-order valence-corrected chi connectivity index (χ1v) is 8.63. The predicted molar refractivity (Wildman–Crippen MR) is 96.7 cm³/mol. The lowest BCUT2D eigenvalue weighted by atomic mass is 10.2. The molecule has 8 heteroatoms. The fourth-order valence-corrected chi connectivity index (χ4v) is 3.26. The Hall–Kier alpha value is -1.76. The van der Waals surface area contributed by atoms with Crippen LogP contribution in [0.3, 0.4) is 0 Å². The topological polar surface area (TPSA) is 72.2 Å². The Morgan fingerprint density at radius 2 is 1.92 bits per heavy atom. The number of non-ortho nitro benzene ring substituents is 1. The van der Waals surface area contributed by atoms with Crippen molar-refractivity contribution >= 4 is 46.6 Å². The number of nitro benzene ring substituents is 1. The minimum atomic E-state index is -0.458. The number of nitrogens with zero attached hydrogens (tertiary/aromatic N) is 1. The summed E-state index contributed by atoms with van der Waals surface area (Å²) in [5.41, 5.74) is 0.802. The van der Waals surface area contributed by atoms with E-state index < -0.39 is 4.92 Å². The summed E-state index contributed by atoms with van der Waals surface area (Å²) in [6.07, 6.45) is 0. The van der Waals surface area contributed by atoms with Gasteiger partial charge in [0.05, 0.1) is 10.2 Å². The number of nitro groups is 1. The Labute approximate surface area is 153 Å². The first kappa shape index (κ1) is 18.6. The van der Waals surface area contributed by atoms with Crippen molar-refractivity contribution in [2.75, 3.05) is 0 Å². The van der Waals surface area contributed by atoms with Crippen molar-refractivity contribution in [1.29, 1.82) is 0 Å². The Morgan fingerprint density at radius 3 is 2.50 bits per heavy atom. The number of thioether (sulfide) groups is 1. The fraction of sp³-hybridized carbons (Fsp3) is 0.188. The lowest BCUT2D eigenvalue weighted by Gasteiger charge is -2.12. The summed E-state index contributed by atoms with van der Waals surface area (Å²) in [6, 6.07) is 11.2. The maximum Gasteiger partial charge on any atom is 0.269 e. The zero-order chi connectivity index (χ0) is 17.7. The van der Waals surface area contributed by atoms with Gasteiger partial charge in [-0.05, 0) is 36.8 Å². The van der Waals surface area contributed by atoms with Gasteiger partial charge in [-0.3, -0.25) is 14.9 Å². The van der Waals surface area contributed by atoms with E-state index in [1.165, 1.54) is 23.9 Å². The number of benzene rings is 2. The number of carbonyl (C=O) groups excluding carboxylic acids is 1. The van der Waals surface area contributed by atoms with Crippen LogP contribution in [0, 0.1) is 10.1 Å². The summed E-state index contributed by atoms with van der Waals surface area (Å²) in [7, 11) is 0. The number of halogens is 2. The van der Waals surface area contributed by atoms with Crippen molar-refractivity contribution in [2.45, 2.75) is 23.6 Å². The van der Waals surface area contributed by atoms with E-state index in [1.807, 2.05) is 0 Å². The van der Waals surface area contributed by atoms with Crippen LogP contribution in [0.1, 0.15) is 12.5 Å². The second-order valence-corrected chi connectivity index (χ2v) is 7.22. The quantitative estimate of drug-likeness (QED) is 0.445. The van der Waals surface area contributed by atoms with Crippen molar-refractivity contribution in [3.05, 3.63) is 68.2 Å². The first-order valence-electron chi connectivity index (χ1n) is 6.99. The third-order valence-corrected chi connectivity index (χ3v) is 4.90. The SMILES string of the molecule is CC(Sc1ccc([N+](=O)[O-])cc1)C(=O)NCc1ccc(Cl)cc1Cl. The fourth-order valence-electron chi connectivity index (χ4n) is 1.90. The molecule has 5 nitrogen and oxygen atoms in total. The van der Waals surface area contributed by atoms with Gasteiger partial charge in [-0.25, -0.2) is 0 Å². The Balaban J connectivity index is 1.90. The molecule has 2 rings (SSSR count). The molecule has 2 aromatic carbocycles. The molecular weight excluding hydrogens is 371 g/mol. The van der Waals surface area contributed by atoms with Crippen LogP contribution in [0.15, 0.2) is 47.4 Å². The molecule has 0 saturated carbocycles. The number of rotatable bonds is 6. The molecule has 0 saturated heterocycles. The monoisotopic (exact) mass is 384 g/mol. The average Bonchev–Trinajstić information content (AvgIpc) is 2.54. The molecule has 0 aliphatic rings. The number of hydrogen-bond donors (Lipinski definition) is 1. The molecule has 0 aliphatic heterocycles. The van der Waals surface area contributed by atoms with Gasteiger partial charge in [0, 0.05) is 33.6 Å². The van der Waals surface area contributed by atoms with Gasteiger partial charge in [-0.15, -0.1) is 11.8 Å². The molecular formula is C16H14Cl2N2O3S. The van der Waals surface area contributed by atoms with Gasteiger partial charge in [0.1, 0.15) is 0 Å².